The molecule has 0 saturated heterocycles. The van der Waals surface area contributed by atoms with Crippen LogP contribution in [0.1, 0.15) is 36.5 Å². The van der Waals surface area contributed by atoms with Crippen molar-refractivity contribution in [2.45, 2.75) is 32.4 Å². The molecular formula is C24H24ClN5O. The summed E-state index contributed by atoms with van der Waals surface area (Å²) in [5.41, 5.74) is 2.55. The lowest BCUT2D eigenvalue weighted by Crippen LogP contribution is -2.12. The zero-order valence-electron chi connectivity index (χ0n) is 17.3. The first-order chi connectivity index (χ1) is 15.1. The van der Waals surface area contributed by atoms with Crippen molar-refractivity contribution in [3.05, 3.63) is 76.7 Å². The second kappa shape index (κ2) is 9.67. The van der Waals surface area contributed by atoms with Gasteiger partial charge in [0.05, 0.1) is 24.9 Å². The van der Waals surface area contributed by atoms with Crippen molar-refractivity contribution in [3.8, 4) is 11.8 Å². The maximum absolute atomic E-state index is 8.84. The van der Waals surface area contributed by atoms with Gasteiger partial charge in [0.1, 0.15) is 17.6 Å². The fraction of sp³-hybridized carbons (Fsp3) is 0.292. The molecule has 0 bridgehead atoms. The Morgan fingerprint density at radius 1 is 1.32 bits per heavy atom. The third kappa shape index (κ3) is 6.09. The van der Waals surface area contributed by atoms with Gasteiger partial charge in [0.15, 0.2) is 0 Å². The molecule has 4 rings (SSSR count). The van der Waals surface area contributed by atoms with Crippen molar-refractivity contribution < 1.29 is 4.74 Å². The van der Waals surface area contributed by atoms with Crippen LogP contribution >= 0.6 is 11.6 Å². The minimum absolute atomic E-state index is 0.0708. The van der Waals surface area contributed by atoms with Gasteiger partial charge in [-0.3, -0.25) is 4.68 Å². The van der Waals surface area contributed by atoms with Crippen molar-refractivity contribution in [1.82, 2.24) is 14.8 Å². The Kier molecular flexibility index (Phi) is 6.54. The number of aromatic nitrogens is 3. The molecule has 1 fully saturated rings. The molecule has 0 radical (unpaired) electrons. The second-order valence-corrected chi connectivity index (χ2v) is 8.22. The molecule has 0 spiro atoms. The quantitative estimate of drug-likeness (QED) is 0.504. The monoisotopic (exact) mass is 433 g/mol. The molecule has 0 amide bonds. The maximum Gasteiger partial charge on any atom is 0.126 e. The van der Waals surface area contributed by atoms with Gasteiger partial charge in [-0.05, 0) is 55.5 Å². The Bertz CT molecular complexity index is 1100. The molecule has 3 aromatic rings. The number of nitrogens with one attached hydrogen (secondary N) is 1. The van der Waals surface area contributed by atoms with Crippen LogP contribution in [-0.4, -0.2) is 27.4 Å². The highest BCUT2D eigenvalue weighted by atomic mass is 35.5. The number of nitriles is 1. The minimum atomic E-state index is 0.0708. The smallest absolute Gasteiger partial charge is 0.126 e. The highest BCUT2D eigenvalue weighted by Crippen LogP contribution is 2.30. The molecule has 0 unspecified atom stereocenters. The summed E-state index contributed by atoms with van der Waals surface area (Å²) in [7, 11) is 0. The van der Waals surface area contributed by atoms with Gasteiger partial charge in [-0.25, -0.2) is 4.98 Å². The molecule has 1 aromatic carbocycles. The lowest BCUT2D eigenvalue weighted by atomic mass is 10.2. The predicted molar refractivity (Wildman–Crippen MR) is 122 cm³/mol. The van der Waals surface area contributed by atoms with Gasteiger partial charge < -0.3 is 10.1 Å². The molecule has 1 aliphatic carbocycles. The summed E-state index contributed by atoms with van der Waals surface area (Å²) in [5.74, 6) is 2.27. The van der Waals surface area contributed by atoms with Gasteiger partial charge >= 0.3 is 0 Å². The molecule has 1 saturated carbocycles. The Morgan fingerprint density at radius 3 is 2.90 bits per heavy atom. The van der Waals surface area contributed by atoms with E-state index in [1.807, 2.05) is 54.4 Å². The van der Waals surface area contributed by atoms with E-state index in [1.165, 1.54) is 12.8 Å². The summed E-state index contributed by atoms with van der Waals surface area (Å²) < 4.78 is 7.65. The number of nitrogens with zero attached hydrogens (tertiary/aromatic N) is 4. The second-order valence-electron chi connectivity index (χ2n) is 7.81. The Hall–Kier alpha value is -3.30. The number of pyridine rings is 1. The SMILES string of the molecule is C[C@@H](/C=C/c1cnn(Cc2ccc(OCC3CC3)cc2Cl)c1)Nc1ccc(C#N)cn1. The first kappa shape index (κ1) is 21.0. The van der Waals surface area contributed by atoms with Crippen molar-refractivity contribution in [2.24, 2.45) is 5.92 Å². The van der Waals surface area contributed by atoms with Crippen LogP contribution in [0, 0.1) is 17.2 Å². The molecule has 1 aliphatic rings. The number of halogens is 1. The summed E-state index contributed by atoms with van der Waals surface area (Å²) in [6, 6.07) is 11.5. The molecule has 2 aromatic heterocycles. The topological polar surface area (TPSA) is 75.8 Å². The van der Waals surface area contributed by atoms with E-state index in [0.29, 0.717) is 23.0 Å². The molecule has 1 N–H and O–H groups in total. The Morgan fingerprint density at radius 2 is 2.19 bits per heavy atom. The van der Waals surface area contributed by atoms with Crippen molar-refractivity contribution in [1.29, 1.82) is 5.26 Å². The highest BCUT2D eigenvalue weighted by molar-refractivity contribution is 6.31. The normalized spacial score (nSPS) is 14.4. The van der Waals surface area contributed by atoms with E-state index in [2.05, 4.69) is 21.5 Å². The van der Waals surface area contributed by atoms with Gasteiger partial charge in [0, 0.05) is 29.0 Å². The van der Waals surface area contributed by atoms with Crippen molar-refractivity contribution >= 4 is 23.5 Å². The fourth-order valence-corrected chi connectivity index (χ4v) is 3.28. The number of hydrogen-bond donors (Lipinski definition) is 1. The van der Waals surface area contributed by atoms with Crippen molar-refractivity contribution in [3.63, 3.8) is 0 Å². The maximum atomic E-state index is 8.84. The number of ether oxygens (including phenoxy) is 1. The van der Waals surface area contributed by atoms with Gasteiger partial charge in [-0.2, -0.15) is 10.4 Å². The Labute approximate surface area is 187 Å². The molecule has 1 atom stereocenters. The molecule has 2 heterocycles. The van der Waals surface area contributed by atoms with E-state index in [1.54, 1.807) is 18.3 Å². The zero-order valence-corrected chi connectivity index (χ0v) is 18.1. The summed E-state index contributed by atoms with van der Waals surface area (Å²) >= 11 is 6.45. The van der Waals surface area contributed by atoms with Crippen LogP contribution in [-0.2, 0) is 6.54 Å². The first-order valence-corrected chi connectivity index (χ1v) is 10.7. The van der Waals surface area contributed by atoms with E-state index in [0.717, 1.165) is 29.3 Å². The molecule has 7 heteroatoms. The van der Waals surface area contributed by atoms with Crippen LogP contribution in [0.25, 0.3) is 6.08 Å². The van der Waals surface area contributed by atoms with Gasteiger partial charge in [0.25, 0.3) is 0 Å². The van der Waals surface area contributed by atoms with Crippen LogP contribution < -0.4 is 10.1 Å². The standard InChI is InChI=1S/C24H24ClN5O/c1-17(29-24-9-6-19(11-26)12-27-24)2-3-20-13-28-30(14-20)15-21-7-8-22(10-23(21)25)31-16-18-4-5-18/h2-3,6-10,12-14,17-18H,4-5,15-16H2,1H3,(H,27,29)/b3-2+/t17-/m0/s1. The molecule has 31 heavy (non-hydrogen) atoms. The van der Waals surface area contributed by atoms with E-state index in [9.17, 15) is 0 Å². The summed E-state index contributed by atoms with van der Waals surface area (Å²) in [6.07, 6.45) is 12.0. The number of benzene rings is 1. The van der Waals surface area contributed by atoms with Gasteiger partial charge in [-0.1, -0.05) is 29.8 Å². The van der Waals surface area contributed by atoms with Crippen molar-refractivity contribution in [2.75, 3.05) is 11.9 Å². The fourth-order valence-electron chi connectivity index (χ4n) is 3.05. The highest BCUT2D eigenvalue weighted by Gasteiger charge is 2.22. The largest absolute Gasteiger partial charge is 0.493 e. The molecule has 0 aliphatic heterocycles. The molecule has 158 valence electrons. The number of hydrogen-bond acceptors (Lipinski definition) is 5. The third-order valence-corrected chi connectivity index (χ3v) is 5.39. The first-order valence-electron chi connectivity index (χ1n) is 10.3. The predicted octanol–water partition coefficient (Wildman–Crippen LogP) is 5.15. The average Bonchev–Trinajstić information content (AvgIpc) is 3.50. The van der Waals surface area contributed by atoms with Gasteiger partial charge in [0.2, 0.25) is 0 Å². The summed E-state index contributed by atoms with van der Waals surface area (Å²) in [4.78, 5) is 4.23. The van der Waals surface area contributed by atoms with Crippen LogP contribution in [0.5, 0.6) is 5.75 Å². The summed E-state index contributed by atoms with van der Waals surface area (Å²) in [6.45, 7) is 3.41. The van der Waals surface area contributed by atoms with E-state index < -0.39 is 0 Å². The van der Waals surface area contributed by atoms with Crippen LogP contribution in [0.4, 0.5) is 5.82 Å². The van der Waals surface area contributed by atoms with Gasteiger partial charge in [-0.15, -0.1) is 0 Å². The summed E-state index contributed by atoms with van der Waals surface area (Å²) in [5, 5.41) is 17.2. The zero-order chi connectivity index (χ0) is 21.6. The third-order valence-electron chi connectivity index (χ3n) is 5.04. The molecular weight excluding hydrogens is 410 g/mol. The van der Waals surface area contributed by atoms with Crippen LogP contribution in [0.2, 0.25) is 5.02 Å². The van der Waals surface area contributed by atoms with Crippen LogP contribution in [0.15, 0.2) is 55.0 Å². The number of anilines is 1. The lowest BCUT2D eigenvalue weighted by molar-refractivity contribution is 0.299. The minimum Gasteiger partial charge on any atom is -0.493 e. The van der Waals surface area contributed by atoms with E-state index in [-0.39, 0.29) is 6.04 Å². The molecule has 6 nitrogen and oxygen atoms in total. The Balaban J connectivity index is 1.31. The number of rotatable bonds is 9. The average molecular weight is 434 g/mol. The lowest BCUT2D eigenvalue weighted by Gasteiger charge is -2.09. The van der Waals surface area contributed by atoms with E-state index in [4.69, 9.17) is 21.6 Å². The van der Waals surface area contributed by atoms with Crippen LogP contribution in [0.3, 0.4) is 0 Å². The van der Waals surface area contributed by atoms with E-state index >= 15 is 0 Å².